The fourth-order valence-corrected chi connectivity index (χ4v) is 3.43. The van der Waals surface area contributed by atoms with Gasteiger partial charge in [0, 0.05) is 38.3 Å². The number of anilines is 3. The predicted octanol–water partition coefficient (Wildman–Crippen LogP) is 3.25. The van der Waals surface area contributed by atoms with Crippen molar-refractivity contribution in [3.05, 3.63) is 18.2 Å². The third kappa shape index (κ3) is 4.20. The van der Waals surface area contributed by atoms with Gasteiger partial charge in [-0.15, -0.1) is 0 Å². The molecule has 0 saturated carbocycles. The molecule has 2 aliphatic heterocycles. The Morgan fingerprint density at radius 3 is 2.58 bits per heavy atom. The van der Waals surface area contributed by atoms with Gasteiger partial charge in [0.15, 0.2) is 0 Å². The molecule has 2 saturated heterocycles. The number of carbonyl (C=O) groups excluding carboxylic acids is 1. The van der Waals surface area contributed by atoms with E-state index in [2.05, 4.69) is 40.2 Å². The Morgan fingerprint density at radius 2 is 1.88 bits per heavy atom. The summed E-state index contributed by atoms with van der Waals surface area (Å²) in [6.07, 6.45) is 5.04. The molecule has 0 atom stereocenters. The van der Waals surface area contributed by atoms with E-state index in [-0.39, 0.29) is 5.91 Å². The molecule has 24 heavy (non-hydrogen) atoms. The minimum absolute atomic E-state index is 0.122. The number of unbranched alkanes of at least 4 members (excludes halogenated alkanes) is 1. The van der Waals surface area contributed by atoms with Gasteiger partial charge in [0.1, 0.15) is 0 Å². The number of ether oxygens (including phenoxy) is 1. The SMILES string of the molecule is CCCCC(=O)Nc1cc(N2CCOCC2)ccc1N1CCCC1. The van der Waals surface area contributed by atoms with Crippen LogP contribution in [0.15, 0.2) is 18.2 Å². The van der Waals surface area contributed by atoms with Crippen molar-refractivity contribution in [2.24, 2.45) is 0 Å². The second-order valence-corrected chi connectivity index (χ2v) is 6.65. The van der Waals surface area contributed by atoms with Crippen LogP contribution in [0.3, 0.4) is 0 Å². The van der Waals surface area contributed by atoms with Crippen LogP contribution in [0.4, 0.5) is 17.1 Å². The van der Waals surface area contributed by atoms with Crippen LogP contribution in [0.25, 0.3) is 0 Å². The Hall–Kier alpha value is -1.75. The molecule has 0 bridgehead atoms. The number of rotatable bonds is 6. The van der Waals surface area contributed by atoms with E-state index in [0.717, 1.165) is 63.6 Å². The second-order valence-electron chi connectivity index (χ2n) is 6.65. The zero-order valence-electron chi connectivity index (χ0n) is 14.7. The topological polar surface area (TPSA) is 44.8 Å². The van der Waals surface area contributed by atoms with Crippen LogP contribution in [0.2, 0.25) is 0 Å². The number of nitrogens with zero attached hydrogens (tertiary/aromatic N) is 2. The van der Waals surface area contributed by atoms with Gasteiger partial charge in [0.05, 0.1) is 24.6 Å². The average Bonchev–Trinajstić information content (AvgIpc) is 3.15. The first-order valence-corrected chi connectivity index (χ1v) is 9.29. The van der Waals surface area contributed by atoms with Crippen molar-refractivity contribution in [2.45, 2.75) is 39.0 Å². The fraction of sp³-hybridized carbons (Fsp3) is 0.632. The Kier molecular flexibility index (Phi) is 5.96. The van der Waals surface area contributed by atoms with E-state index in [9.17, 15) is 4.79 Å². The van der Waals surface area contributed by atoms with Gasteiger partial charge in [0.25, 0.3) is 0 Å². The molecule has 1 amide bonds. The molecule has 5 nitrogen and oxygen atoms in total. The molecule has 1 N–H and O–H groups in total. The second kappa shape index (κ2) is 8.38. The lowest BCUT2D eigenvalue weighted by Gasteiger charge is -2.30. The molecule has 2 fully saturated rings. The first-order chi connectivity index (χ1) is 11.8. The molecule has 3 rings (SSSR count). The standard InChI is InChI=1S/C19H29N3O2/c1-2-3-6-19(23)20-17-15-16(21-11-13-24-14-12-21)7-8-18(17)22-9-4-5-10-22/h7-8,15H,2-6,9-14H2,1H3,(H,20,23). The molecular formula is C19H29N3O2. The Labute approximate surface area is 145 Å². The summed E-state index contributed by atoms with van der Waals surface area (Å²) in [4.78, 5) is 17.0. The van der Waals surface area contributed by atoms with E-state index in [1.165, 1.54) is 18.5 Å². The van der Waals surface area contributed by atoms with E-state index >= 15 is 0 Å². The van der Waals surface area contributed by atoms with Crippen LogP contribution in [0, 0.1) is 0 Å². The summed E-state index contributed by atoms with van der Waals surface area (Å²) in [5, 5.41) is 3.16. The molecule has 1 aromatic carbocycles. The molecule has 0 spiro atoms. The smallest absolute Gasteiger partial charge is 0.224 e. The van der Waals surface area contributed by atoms with Gasteiger partial charge in [-0.05, 0) is 37.5 Å². The monoisotopic (exact) mass is 331 g/mol. The van der Waals surface area contributed by atoms with E-state index in [0.29, 0.717) is 6.42 Å². The summed E-state index contributed by atoms with van der Waals surface area (Å²) in [5.41, 5.74) is 3.29. The summed E-state index contributed by atoms with van der Waals surface area (Å²) >= 11 is 0. The van der Waals surface area contributed by atoms with E-state index in [4.69, 9.17) is 4.74 Å². The van der Waals surface area contributed by atoms with Crippen molar-refractivity contribution < 1.29 is 9.53 Å². The molecule has 0 unspecified atom stereocenters. The van der Waals surface area contributed by atoms with Crippen molar-refractivity contribution in [1.82, 2.24) is 0 Å². The van der Waals surface area contributed by atoms with Gasteiger partial charge in [-0.2, -0.15) is 0 Å². The highest BCUT2D eigenvalue weighted by Gasteiger charge is 2.19. The van der Waals surface area contributed by atoms with Crippen molar-refractivity contribution >= 4 is 23.0 Å². The summed E-state index contributed by atoms with van der Waals surface area (Å²) in [5.74, 6) is 0.122. The first kappa shape index (κ1) is 17.1. The molecule has 5 heteroatoms. The minimum atomic E-state index is 0.122. The molecule has 2 heterocycles. The number of amides is 1. The highest BCUT2D eigenvalue weighted by Crippen LogP contribution is 2.33. The Morgan fingerprint density at radius 1 is 1.12 bits per heavy atom. The number of morpholine rings is 1. The van der Waals surface area contributed by atoms with Crippen LogP contribution in [0.5, 0.6) is 0 Å². The van der Waals surface area contributed by atoms with Gasteiger partial charge in [-0.25, -0.2) is 0 Å². The van der Waals surface area contributed by atoms with Gasteiger partial charge in [-0.1, -0.05) is 13.3 Å². The highest BCUT2D eigenvalue weighted by atomic mass is 16.5. The van der Waals surface area contributed by atoms with Gasteiger partial charge in [0.2, 0.25) is 5.91 Å². The highest BCUT2D eigenvalue weighted by molar-refractivity contribution is 5.95. The molecule has 1 aromatic rings. The van der Waals surface area contributed by atoms with E-state index < -0.39 is 0 Å². The van der Waals surface area contributed by atoms with Crippen LogP contribution >= 0.6 is 0 Å². The van der Waals surface area contributed by atoms with Crippen LogP contribution in [-0.4, -0.2) is 45.3 Å². The summed E-state index contributed by atoms with van der Waals surface area (Å²) in [7, 11) is 0. The Balaban J connectivity index is 1.80. The molecule has 0 aromatic heterocycles. The van der Waals surface area contributed by atoms with E-state index in [1.54, 1.807) is 0 Å². The molecule has 0 radical (unpaired) electrons. The quantitative estimate of drug-likeness (QED) is 0.869. The molecular weight excluding hydrogens is 302 g/mol. The maximum Gasteiger partial charge on any atom is 0.224 e. The van der Waals surface area contributed by atoms with Crippen molar-refractivity contribution in [3.63, 3.8) is 0 Å². The summed E-state index contributed by atoms with van der Waals surface area (Å²) < 4.78 is 5.45. The zero-order valence-corrected chi connectivity index (χ0v) is 14.7. The van der Waals surface area contributed by atoms with Crippen molar-refractivity contribution in [1.29, 1.82) is 0 Å². The lowest BCUT2D eigenvalue weighted by molar-refractivity contribution is -0.116. The lowest BCUT2D eigenvalue weighted by Crippen LogP contribution is -2.36. The minimum Gasteiger partial charge on any atom is -0.378 e. The number of benzene rings is 1. The number of hydrogen-bond donors (Lipinski definition) is 1. The average molecular weight is 331 g/mol. The molecule has 0 aliphatic carbocycles. The molecule has 2 aliphatic rings. The first-order valence-electron chi connectivity index (χ1n) is 9.29. The number of carbonyl (C=O) groups is 1. The van der Waals surface area contributed by atoms with Gasteiger partial charge >= 0.3 is 0 Å². The van der Waals surface area contributed by atoms with Crippen molar-refractivity contribution in [3.8, 4) is 0 Å². The lowest BCUT2D eigenvalue weighted by atomic mass is 10.1. The zero-order chi connectivity index (χ0) is 16.8. The van der Waals surface area contributed by atoms with Gasteiger partial charge < -0.3 is 19.9 Å². The molecule has 132 valence electrons. The maximum absolute atomic E-state index is 12.3. The van der Waals surface area contributed by atoms with Crippen LogP contribution in [-0.2, 0) is 9.53 Å². The summed E-state index contributed by atoms with van der Waals surface area (Å²) in [6.45, 7) is 7.63. The third-order valence-electron chi connectivity index (χ3n) is 4.83. The van der Waals surface area contributed by atoms with E-state index in [1.807, 2.05) is 0 Å². The normalized spacial score (nSPS) is 18.0. The number of hydrogen-bond acceptors (Lipinski definition) is 4. The largest absolute Gasteiger partial charge is 0.378 e. The Bertz CT molecular complexity index is 550. The maximum atomic E-state index is 12.3. The predicted molar refractivity (Wildman–Crippen MR) is 99.1 cm³/mol. The fourth-order valence-electron chi connectivity index (χ4n) is 3.43. The van der Waals surface area contributed by atoms with Crippen LogP contribution < -0.4 is 15.1 Å². The summed E-state index contributed by atoms with van der Waals surface area (Å²) in [6, 6.07) is 6.50. The van der Waals surface area contributed by atoms with Gasteiger partial charge in [-0.3, -0.25) is 4.79 Å². The number of nitrogens with one attached hydrogen (secondary N) is 1. The third-order valence-corrected chi connectivity index (χ3v) is 4.83. The van der Waals surface area contributed by atoms with Crippen LogP contribution in [0.1, 0.15) is 39.0 Å². The van der Waals surface area contributed by atoms with Crippen molar-refractivity contribution in [2.75, 3.05) is 54.5 Å².